The summed E-state index contributed by atoms with van der Waals surface area (Å²) in [6, 6.07) is 12.3. The molecular formula is C21H21Cl2N5O2S. The minimum absolute atomic E-state index is 0.129. The number of halogens is 2. The average molecular weight is 478 g/mol. The first-order valence-corrected chi connectivity index (χ1v) is 11.3. The molecule has 2 N–H and O–H groups in total. The van der Waals surface area contributed by atoms with Crippen LogP contribution < -0.4 is 10.6 Å². The molecule has 31 heavy (non-hydrogen) atoms. The molecule has 0 atom stereocenters. The molecule has 3 rings (SSSR count). The van der Waals surface area contributed by atoms with Gasteiger partial charge in [0.1, 0.15) is 0 Å². The van der Waals surface area contributed by atoms with Crippen LogP contribution in [0.25, 0.3) is 0 Å². The number of hydrogen-bond acceptors (Lipinski definition) is 5. The van der Waals surface area contributed by atoms with E-state index in [-0.39, 0.29) is 24.1 Å². The monoisotopic (exact) mass is 477 g/mol. The first-order valence-electron chi connectivity index (χ1n) is 9.52. The maximum absolute atomic E-state index is 12.4. The highest BCUT2D eigenvalue weighted by Gasteiger charge is 2.15. The van der Waals surface area contributed by atoms with E-state index in [0.29, 0.717) is 33.1 Å². The first kappa shape index (κ1) is 23.1. The molecule has 2 amide bonds. The van der Waals surface area contributed by atoms with Crippen molar-refractivity contribution in [3.05, 3.63) is 69.5 Å². The van der Waals surface area contributed by atoms with Gasteiger partial charge >= 0.3 is 0 Å². The zero-order valence-electron chi connectivity index (χ0n) is 17.0. The number of rotatable bonds is 8. The Morgan fingerprint density at radius 3 is 2.61 bits per heavy atom. The van der Waals surface area contributed by atoms with E-state index in [1.165, 1.54) is 17.8 Å². The van der Waals surface area contributed by atoms with E-state index in [1.54, 1.807) is 12.1 Å². The molecule has 0 bridgehead atoms. The lowest BCUT2D eigenvalue weighted by atomic mass is 10.2. The fraction of sp³-hybridized carbons (Fsp3) is 0.238. The lowest BCUT2D eigenvalue weighted by Crippen LogP contribution is -2.24. The van der Waals surface area contributed by atoms with Crippen molar-refractivity contribution in [1.82, 2.24) is 20.1 Å². The van der Waals surface area contributed by atoms with Crippen LogP contribution in [0.5, 0.6) is 0 Å². The maximum atomic E-state index is 12.4. The molecule has 3 aromatic rings. The normalized spacial score (nSPS) is 10.7. The lowest BCUT2D eigenvalue weighted by Gasteiger charge is -2.09. The molecule has 0 spiro atoms. The molecule has 7 nitrogen and oxygen atoms in total. The number of nitrogens with zero attached hydrogens (tertiary/aromatic N) is 3. The van der Waals surface area contributed by atoms with Crippen LogP contribution in [0.3, 0.4) is 0 Å². The molecule has 10 heteroatoms. The Morgan fingerprint density at radius 2 is 1.90 bits per heavy atom. The molecule has 1 aromatic heterocycles. The smallest absolute Gasteiger partial charge is 0.251 e. The summed E-state index contributed by atoms with van der Waals surface area (Å²) in [5, 5.41) is 15.3. The van der Waals surface area contributed by atoms with E-state index in [0.717, 1.165) is 11.3 Å². The number of thioether (sulfide) groups is 1. The quantitative estimate of drug-likeness (QED) is 0.463. The number of amides is 2. The van der Waals surface area contributed by atoms with Gasteiger partial charge in [-0.1, -0.05) is 47.1 Å². The Labute approximate surface area is 194 Å². The number of nitrogens with one attached hydrogen (secondary N) is 2. The highest BCUT2D eigenvalue weighted by atomic mass is 35.5. The fourth-order valence-corrected chi connectivity index (χ4v) is 3.94. The van der Waals surface area contributed by atoms with Crippen LogP contribution in [0.2, 0.25) is 10.0 Å². The summed E-state index contributed by atoms with van der Waals surface area (Å²) in [5.74, 6) is 0.367. The van der Waals surface area contributed by atoms with Crippen molar-refractivity contribution >= 4 is 52.5 Å². The van der Waals surface area contributed by atoms with Gasteiger partial charge in [-0.2, -0.15) is 0 Å². The van der Waals surface area contributed by atoms with Gasteiger partial charge in [-0.25, -0.2) is 0 Å². The molecule has 0 saturated carbocycles. The summed E-state index contributed by atoms with van der Waals surface area (Å²) in [5.41, 5.74) is 2.23. The number of anilines is 1. The second-order valence-corrected chi connectivity index (χ2v) is 8.42. The van der Waals surface area contributed by atoms with Gasteiger partial charge in [-0.15, -0.1) is 10.2 Å². The third kappa shape index (κ3) is 6.22. The van der Waals surface area contributed by atoms with E-state index >= 15 is 0 Å². The van der Waals surface area contributed by atoms with Gasteiger partial charge in [-0.05, 0) is 49.7 Å². The minimum atomic E-state index is -0.295. The summed E-state index contributed by atoms with van der Waals surface area (Å²) in [6.45, 7) is 4.71. The molecule has 2 aromatic carbocycles. The lowest BCUT2D eigenvalue weighted by molar-refractivity contribution is -0.113. The Kier molecular flexibility index (Phi) is 7.95. The first-order chi connectivity index (χ1) is 14.9. The number of benzene rings is 2. The third-order valence-corrected chi connectivity index (χ3v) is 6.04. The molecule has 0 aliphatic carbocycles. The van der Waals surface area contributed by atoms with Crippen molar-refractivity contribution in [1.29, 1.82) is 0 Å². The summed E-state index contributed by atoms with van der Waals surface area (Å²) in [6.07, 6.45) is 0. The van der Waals surface area contributed by atoms with Crippen molar-refractivity contribution in [3.8, 4) is 0 Å². The second kappa shape index (κ2) is 10.7. The molecule has 0 aliphatic rings. The van der Waals surface area contributed by atoms with E-state index in [9.17, 15) is 9.59 Å². The SMILES string of the molecule is CCn1c(CNC(=O)c2ccc(Cl)c(Cl)c2)nnc1SCC(=O)Nc1cccc(C)c1. The molecule has 1 heterocycles. The molecule has 162 valence electrons. The third-order valence-electron chi connectivity index (χ3n) is 4.33. The molecule has 0 saturated heterocycles. The molecular weight excluding hydrogens is 457 g/mol. The molecule has 0 radical (unpaired) electrons. The van der Waals surface area contributed by atoms with Gasteiger partial charge in [0, 0.05) is 17.8 Å². The van der Waals surface area contributed by atoms with Crippen LogP contribution in [0.4, 0.5) is 5.69 Å². The highest BCUT2D eigenvalue weighted by molar-refractivity contribution is 7.99. The van der Waals surface area contributed by atoms with Crippen LogP contribution in [0, 0.1) is 6.92 Å². The van der Waals surface area contributed by atoms with E-state index in [1.807, 2.05) is 42.7 Å². The summed E-state index contributed by atoms with van der Waals surface area (Å²) in [7, 11) is 0. The summed E-state index contributed by atoms with van der Waals surface area (Å²) in [4.78, 5) is 24.6. The van der Waals surface area contributed by atoms with Crippen molar-refractivity contribution in [2.24, 2.45) is 0 Å². The standard InChI is InChI=1S/C21H21Cl2N5O2S/c1-3-28-18(11-24-20(30)14-7-8-16(22)17(23)10-14)26-27-21(28)31-12-19(29)25-15-6-4-5-13(2)9-15/h4-10H,3,11-12H2,1-2H3,(H,24,30)(H,25,29). The van der Waals surface area contributed by atoms with Crippen molar-refractivity contribution in [2.45, 2.75) is 32.1 Å². The largest absolute Gasteiger partial charge is 0.345 e. The molecule has 0 fully saturated rings. The number of carbonyl (C=O) groups excluding carboxylic acids is 2. The number of aromatic nitrogens is 3. The zero-order valence-corrected chi connectivity index (χ0v) is 19.3. The van der Waals surface area contributed by atoms with Gasteiger partial charge in [0.25, 0.3) is 5.91 Å². The molecule has 0 unspecified atom stereocenters. The molecule has 0 aliphatic heterocycles. The maximum Gasteiger partial charge on any atom is 0.251 e. The van der Waals surface area contributed by atoms with Crippen molar-refractivity contribution in [2.75, 3.05) is 11.1 Å². The summed E-state index contributed by atoms with van der Waals surface area (Å²) < 4.78 is 1.86. The summed E-state index contributed by atoms with van der Waals surface area (Å²) >= 11 is 13.2. The van der Waals surface area contributed by atoms with Gasteiger partial charge in [0.2, 0.25) is 5.91 Å². The van der Waals surface area contributed by atoms with Gasteiger partial charge < -0.3 is 15.2 Å². The van der Waals surface area contributed by atoms with Gasteiger partial charge in [0.05, 0.1) is 22.3 Å². The minimum Gasteiger partial charge on any atom is -0.345 e. The Hall–Kier alpha value is -2.55. The highest BCUT2D eigenvalue weighted by Crippen LogP contribution is 2.23. The zero-order chi connectivity index (χ0) is 22.4. The number of hydrogen-bond donors (Lipinski definition) is 2. The number of carbonyl (C=O) groups is 2. The van der Waals surface area contributed by atoms with Gasteiger partial charge in [-0.3, -0.25) is 9.59 Å². The topological polar surface area (TPSA) is 88.9 Å². The predicted octanol–water partition coefficient (Wildman–Crippen LogP) is 4.57. The Bertz CT molecular complexity index is 1100. The van der Waals surface area contributed by atoms with Crippen LogP contribution in [-0.4, -0.2) is 32.3 Å². The predicted molar refractivity (Wildman–Crippen MR) is 124 cm³/mol. The van der Waals surface area contributed by atoms with Crippen LogP contribution in [0.15, 0.2) is 47.6 Å². The average Bonchev–Trinajstić information content (AvgIpc) is 3.14. The van der Waals surface area contributed by atoms with Gasteiger partial charge in [0.15, 0.2) is 11.0 Å². The van der Waals surface area contributed by atoms with E-state index < -0.39 is 0 Å². The van der Waals surface area contributed by atoms with E-state index in [4.69, 9.17) is 23.2 Å². The van der Waals surface area contributed by atoms with Crippen LogP contribution >= 0.6 is 35.0 Å². The Morgan fingerprint density at radius 1 is 1.10 bits per heavy atom. The van der Waals surface area contributed by atoms with Crippen LogP contribution in [0.1, 0.15) is 28.7 Å². The van der Waals surface area contributed by atoms with Crippen LogP contribution in [-0.2, 0) is 17.9 Å². The van der Waals surface area contributed by atoms with Crippen molar-refractivity contribution < 1.29 is 9.59 Å². The Balaban J connectivity index is 1.57. The van der Waals surface area contributed by atoms with Crippen molar-refractivity contribution in [3.63, 3.8) is 0 Å². The fourth-order valence-electron chi connectivity index (χ4n) is 2.82. The number of aryl methyl sites for hydroxylation is 1. The van der Waals surface area contributed by atoms with E-state index in [2.05, 4.69) is 20.8 Å². The second-order valence-electron chi connectivity index (χ2n) is 6.66.